The van der Waals surface area contributed by atoms with E-state index in [1.165, 1.54) is 6.07 Å². The summed E-state index contributed by atoms with van der Waals surface area (Å²) in [6.45, 7) is 0.103. The van der Waals surface area contributed by atoms with Crippen LogP contribution in [0.5, 0.6) is 5.75 Å². The van der Waals surface area contributed by atoms with Crippen LogP contribution in [-0.2, 0) is 4.79 Å². The van der Waals surface area contributed by atoms with E-state index in [9.17, 15) is 19.8 Å². The van der Waals surface area contributed by atoms with E-state index in [1.54, 1.807) is 12.1 Å². The maximum atomic E-state index is 12.1. The Kier molecular flexibility index (Phi) is 4.52. The Morgan fingerprint density at radius 2 is 1.95 bits per heavy atom. The van der Waals surface area contributed by atoms with Gasteiger partial charge >= 0.3 is 5.97 Å². The van der Waals surface area contributed by atoms with E-state index in [1.807, 2.05) is 0 Å². The Morgan fingerprint density at radius 1 is 1.30 bits per heavy atom. The van der Waals surface area contributed by atoms with Crippen LogP contribution < -0.4 is 5.32 Å². The highest BCUT2D eigenvalue weighted by atomic mass is 127. The Morgan fingerprint density at radius 3 is 2.55 bits per heavy atom. The van der Waals surface area contributed by atoms with Crippen molar-refractivity contribution in [2.24, 2.45) is 5.41 Å². The molecule has 1 aliphatic rings. The smallest absolute Gasteiger partial charge is 0.311 e. The van der Waals surface area contributed by atoms with Crippen molar-refractivity contribution in [3.8, 4) is 5.75 Å². The standard InChI is InChI=1S/C14H16INO4/c15-9-3-4-11(17)10(7-9)12(18)16-8-14(13(19)20)5-1-2-6-14/h3-4,7,17H,1-2,5-6,8H2,(H,16,18)(H,19,20). The number of amides is 1. The number of aromatic hydroxyl groups is 1. The van der Waals surface area contributed by atoms with Crippen LogP contribution in [0.15, 0.2) is 18.2 Å². The lowest BCUT2D eigenvalue weighted by molar-refractivity contribution is -0.148. The van der Waals surface area contributed by atoms with Gasteiger partial charge in [-0.25, -0.2) is 0 Å². The van der Waals surface area contributed by atoms with Crippen molar-refractivity contribution in [2.75, 3.05) is 6.54 Å². The molecule has 2 rings (SSSR count). The Balaban J connectivity index is 2.08. The fourth-order valence-electron chi connectivity index (χ4n) is 2.55. The molecule has 0 atom stereocenters. The summed E-state index contributed by atoms with van der Waals surface area (Å²) >= 11 is 2.05. The molecule has 1 aromatic carbocycles. The van der Waals surface area contributed by atoms with Crippen LogP contribution >= 0.6 is 22.6 Å². The molecule has 0 bridgehead atoms. The first-order valence-corrected chi connectivity index (χ1v) is 7.53. The van der Waals surface area contributed by atoms with Gasteiger partial charge in [-0.1, -0.05) is 12.8 Å². The zero-order valence-electron chi connectivity index (χ0n) is 10.9. The zero-order chi connectivity index (χ0) is 14.8. The molecule has 20 heavy (non-hydrogen) atoms. The number of nitrogens with one attached hydrogen (secondary N) is 1. The van der Waals surface area contributed by atoms with Crippen molar-refractivity contribution < 1.29 is 19.8 Å². The first-order chi connectivity index (χ1) is 9.44. The van der Waals surface area contributed by atoms with Crippen LogP contribution in [0, 0.1) is 8.99 Å². The molecule has 108 valence electrons. The molecule has 1 aliphatic carbocycles. The molecule has 6 heteroatoms. The van der Waals surface area contributed by atoms with Gasteiger partial charge in [0.25, 0.3) is 5.91 Å². The number of carbonyl (C=O) groups excluding carboxylic acids is 1. The van der Waals surface area contributed by atoms with Crippen LogP contribution in [0.1, 0.15) is 36.0 Å². The van der Waals surface area contributed by atoms with Gasteiger partial charge in [-0.3, -0.25) is 9.59 Å². The molecular formula is C14H16INO4. The number of carboxylic acids is 1. The zero-order valence-corrected chi connectivity index (χ0v) is 13.0. The molecule has 3 N–H and O–H groups in total. The lowest BCUT2D eigenvalue weighted by atomic mass is 9.86. The largest absolute Gasteiger partial charge is 0.507 e. The second-order valence-corrected chi connectivity index (χ2v) is 6.38. The van der Waals surface area contributed by atoms with Gasteiger partial charge in [0.15, 0.2) is 0 Å². The van der Waals surface area contributed by atoms with E-state index in [2.05, 4.69) is 27.9 Å². The normalized spacial score (nSPS) is 16.9. The van der Waals surface area contributed by atoms with Crippen molar-refractivity contribution >= 4 is 34.5 Å². The van der Waals surface area contributed by atoms with Crippen molar-refractivity contribution in [3.05, 3.63) is 27.3 Å². The van der Waals surface area contributed by atoms with E-state index in [-0.39, 0.29) is 17.9 Å². The fraction of sp³-hybridized carbons (Fsp3) is 0.429. The summed E-state index contributed by atoms with van der Waals surface area (Å²) in [5.41, 5.74) is -0.678. The number of carboxylic acid groups (broad SMARTS) is 1. The number of phenols is 1. The van der Waals surface area contributed by atoms with E-state index in [4.69, 9.17) is 0 Å². The summed E-state index contributed by atoms with van der Waals surface area (Å²) in [6, 6.07) is 4.73. The molecule has 0 saturated heterocycles. The molecule has 1 aromatic rings. The number of aliphatic carboxylic acids is 1. The number of rotatable bonds is 4. The predicted molar refractivity (Wildman–Crippen MR) is 81.7 cm³/mol. The molecule has 0 spiro atoms. The van der Waals surface area contributed by atoms with Crippen LogP contribution in [0.2, 0.25) is 0 Å². The molecule has 0 aliphatic heterocycles. The second kappa shape index (κ2) is 5.99. The number of hydrogen-bond donors (Lipinski definition) is 3. The lowest BCUT2D eigenvalue weighted by Gasteiger charge is -2.24. The minimum Gasteiger partial charge on any atom is -0.507 e. The van der Waals surface area contributed by atoms with Crippen molar-refractivity contribution in [1.29, 1.82) is 0 Å². The summed E-state index contributed by atoms with van der Waals surface area (Å²) < 4.78 is 0.833. The summed E-state index contributed by atoms with van der Waals surface area (Å²) in [5.74, 6) is -1.39. The summed E-state index contributed by atoms with van der Waals surface area (Å²) in [4.78, 5) is 23.5. The maximum Gasteiger partial charge on any atom is 0.311 e. The third-order valence-corrected chi connectivity index (χ3v) is 4.48. The molecule has 0 aromatic heterocycles. The summed E-state index contributed by atoms with van der Waals surface area (Å²) in [5, 5.41) is 21.7. The van der Waals surface area contributed by atoms with E-state index < -0.39 is 17.3 Å². The Bertz CT molecular complexity index is 538. The predicted octanol–water partition coefficient (Wildman–Crippen LogP) is 2.37. The topological polar surface area (TPSA) is 86.6 Å². The molecule has 1 fully saturated rings. The summed E-state index contributed by atoms with van der Waals surface area (Å²) in [6.07, 6.45) is 2.91. The van der Waals surface area contributed by atoms with Gasteiger partial charge in [-0.05, 0) is 53.6 Å². The van der Waals surface area contributed by atoms with E-state index >= 15 is 0 Å². The molecule has 1 saturated carbocycles. The number of carbonyl (C=O) groups is 2. The van der Waals surface area contributed by atoms with Crippen LogP contribution in [0.3, 0.4) is 0 Å². The van der Waals surface area contributed by atoms with Crippen molar-refractivity contribution in [3.63, 3.8) is 0 Å². The van der Waals surface area contributed by atoms with Gasteiger partial charge in [-0.15, -0.1) is 0 Å². The van der Waals surface area contributed by atoms with Crippen LogP contribution in [0.25, 0.3) is 0 Å². The molecule has 0 heterocycles. The average molecular weight is 389 g/mol. The minimum absolute atomic E-state index is 0.0984. The van der Waals surface area contributed by atoms with Gasteiger partial charge in [0, 0.05) is 10.1 Å². The minimum atomic E-state index is -0.859. The van der Waals surface area contributed by atoms with Gasteiger partial charge in [-0.2, -0.15) is 0 Å². The number of benzene rings is 1. The number of phenolic OH excluding ortho intramolecular Hbond substituents is 1. The molecular weight excluding hydrogens is 373 g/mol. The van der Waals surface area contributed by atoms with Crippen LogP contribution in [0.4, 0.5) is 0 Å². The maximum absolute atomic E-state index is 12.1. The SMILES string of the molecule is O=C(NCC1(C(=O)O)CCCC1)c1cc(I)ccc1O. The Labute approximate surface area is 130 Å². The third-order valence-electron chi connectivity index (χ3n) is 3.80. The van der Waals surface area contributed by atoms with Crippen molar-refractivity contribution in [1.82, 2.24) is 5.32 Å². The lowest BCUT2D eigenvalue weighted by Crippen LogP contribution is -2.41. The highest BCUT2D eigenvalue weighted by molar-refractivity contribution is 14.1. The third kappa shape index (κ3) is 3.05. The highest BCUT2D eigenvalue weighted by Crippen LogP contribution is 2.37. The molecule has 0 radical (unpaired) electrons. The molecule has 5 nitrogen and oxygen atoms in total. The Hall–Kier alpha value is -1.31. The van der Waals surface area contributed by atoms with Crippen LogP contribution in [-0.4, -0.2) is 28.6 Å². The number of halogens is 1. The van der Waals surface area contributed by atoms with Gasteiger partial charge in [0.1, 0.15) is 5.75 Å². The van der Waals surface area contributed by atoms with E-state index in [0.29, 0.717) is 12.8 Å². The molecule has 0 unspecified atom stereocenters. The monoisotopic (exact) mass is 389 g/mol. The van der Waals surface area contributed by atoms with Gasteiger partial charge in [0.05, 0.1) is 11.0 Å². The first-order valence-electron chi connectivity index (χ1n) is 6.45. The first kappa shape index (κ1) is 15.1. The number of hydrogen-bond acceptors (Lipinski definition) is 3. The van der Waals surface area contributed by atoms with Crippen molar-refractivity contribution in [2.45, 2.75) is 25.7 Å². The average Bonchev–Trinajstić information content (AvgIpc) is 2.89. The fourth-order valence-corrected chi connectivity index (χ4v) is 3.04. The summed E-state index contributed by atoms with van der Waals surface area (Å²) in [7, 11) is 0. The highest BCUT2D eigenvalue weighted by Gasteiger charge is 2.41. The van der Waals surface area contributed by atoms with Gasteiger partial charge < -0.3 is 15.5 Å². The van der Waals surface area contributed by atoms with Gasteiger partial charge in [0.2, 0.25) is 0 Å². The second-order valence-electron chi connectivity index (χ2n) is 5.14. The molecule has 1 amide bonds. The quantitative estimate of drug-likeness (QED) is 0.691. The van der Waals surface area contributed by atoms with E-state index in [0.717, 1.165) is 16.4 Å².